The van der Waals surface area contributed by atoms with E-state index in [1.807, 2.05) is 31.2 Å². The first-order valence-electron chi connectivity index (χ1n) is 6.71. The third-order valence-electron chi connectivity index (χ3n) is 3.13. The van der Waals surface area contributed by atoms with Crippen molar-refractivity contribution >= 4 is 11.8 Å². The second-order valence-electron chi connectivity index (χ2n) is 4.32. The maximum absolute atomic E-state index is 10.6. The summed E-state index contributed by atoms with van der Waals surface area (Å²) in [5.74, 6) is 1.66. The monoisotopic (exact) mass is 292 g/mol. The summed E-state index contributed by atoms with van der Waals surface area (Å²) in [7, 11) is 1.59. The minimum absolute atomic E-state index is 0.617. The van der Waals surface area contributed by atoms with Gasteiger partial charge in [-0.25, -0.2) is 0 Å². The van der Waals surface area contributed by atoms with Crippen molar-refractivity contribution in [3.63, 3.8) is 0 Å². The van der Waals surface area contributed by atoms with Crippen LogP contribution < -0.4 is 4.74 Å². The molecule has 0 amide bonds. The molecule has 1 unspecified atom stereocenters. The first-order chi connectivity index (χ1) is 9.71. The number of aryl methyl sites for hydroxylation is 1. The van der Waals surface area contributed by atoms with Crippen LogP contribution in [0.25, 0.3) is 0 Å². The van der Waals surface area contributed by atoms with Crippen LogP contribution in [-0.2, 0) is 6.54 Å². The topological polar surface area (TPSA) is 47.3 Å². The number of methoxy groups -OCH3 is 1. The Kier molecular flexibility index (Phi) is 5.09. The van der Waals surface area contributed by atoms with E-state index in [2.05, 4.69) is 12.0 Å². The Morgan fingerprint density at radius 1 is 1.30 bits per heavy atom. The molecule has 0 bridgehead atoms. The van der Waals surface area contributed by atoms with Gasteiger partial charge in [-0.05, 0) is 30.4 Å². The molecule has 4 nitrogen and oxygen atoms in total. The molecule has 1 heterocycles. The first-order valence-corrected chi connectivity index (χ1v) is 7.70. The molecule has 1 atom stereocenters. The molecule has 5 heteroatoms. The highest BCUT2D eigenvalue weighted by Gasteiger charge is 2.20. The zero-order chi connectivity index (χ0) is 14.5. The predicted octanol–water partition coefficient (Wildman–Crippen LogP) is 3.11. The fourth-order valence-electron chi connectivity index (χ4n) is 2.13. The van der Waals surface area contributed by atoms with Crippen LogP contribution in [0.15, 0.2) is 35.4 Å². The molecule has 0 aliphatic heterocycles. The predicted molar refractivity (Wildman–Crippen MR) is 81.4 cm³/mol. The van der Waals surface area contributed by atoms with Crippen molar-refractivity contribution in [3.05, 3.63) is 41.7 Å². The summed E-state index contributed by atoms with van der Waals surface area (Å²) in [5.41, 5.74) is 1.55. The summed E-state index contributed by atoms with van der Waals surface area (Å²) >= 11 is 1.78. The second-order valence-corrected chi connectivity index (χ2v) is 5.66. The zero-order valence-corrected chi connectivity index (χ0v) is 12.9. The van der Waals surface area contributed by atoms with E-state index in [0.717, 1.165) is 11.3 Å². The van der Waals surface area contributed by atoms with Crippen molar-refractivity contribution < 1.29 is 9.84 Å². The van der Waals surface area contributed by atoms with E-state index >= 15 is 0 Å². The summed E-state index contributed by atoms with van der Waals surface area (Å²) in [6.07, 6.45) is 0.914. The average molecular weight is 292 g/mol. The number of aliphatic hydroxyl groups is 1. The van der Waals surface area contributed by atoms with Gasteiger partial charge in [-0.3, -0.25) is 4.68 Å². The molecular weight excluding hydrogens is 272 g/mol. The van der Waals surface area contributed by atoms with Gasteiger partial charge in [0.25, 0.3) is 0 Å². The van der Waals surface area contributed by atoms with Gasteiger partial charge in [0, 0.05) is 11.4 Å². The van der Waals surface area contributed by atoms with Crippen molar-refractivity contribution in [1.29, 1.82) is 0 Å². The van der Waals surface area contributed by atoms with Gasteiger partial charge in [0.1, 0.15) is 11.8 Å². The smallest absolute Gasteiger partial charge is 0.163 e. The lowest BCUT2D eigenvalue weighted by Gasteiger charge is -2.15. The van der Waals surface area contributed by atoms with E-state index in [-0.39, 0.29) is 0 Å². The Labute approximate surface area is 123 Å². The standard InChI is InChI=1S/C15H20N2O2S/c1-4-17-14(13(19-3)10-16-17)15(18)11-6-8-12(9-7-11)20-5-2/h6-10,15,18H,4-5H2,1-3H3. The van der Waals surface area contributed by atoms with Crippen LogP contribution in [0.3, 0.4) is 0 Å². The van der Waals surface area contributed by atoms with E-state index in [1.165, 1.54) is 4.90 Å². The lowest BCUT2D eigenvalue weighted by Crippen LogP contribution is -2.10. The van der Waals surface area contributed by atoms with Gasteiger partial charge in [-0.1, -0.05) is 19.1 Å². The van der Waals surface area contributed by atoms with Gasteiger partial charge >= 0.3 is 0 Å². The number of rotatable bonds is 6. The summed E-state index contributed by atoms with van der Waals surface area (Å²) < 4.78 is 7.05. The highest BCUT2D eigenvalue weighted by Crippen LogP contribution is 2.30. The SMILES string of the molecule is CCSc1ccc(C(O)c2c(OC)cnn2CC)cc1. The average Bonchev–Trinajstić information content (AvgIpc) is 2.90. The van der Waals surface area contributed by atoms with Crippen molar-refractivity contribution in [2.75, 3.05) is 12.9 Å². The lowest BCUT2D eigenvalue weighted by atomic mass is 10.1. The van der Waals surface area contributed by atoms with E-state index in [4.69, 9.17) is 4.74 Å². The van der Waals surface area contributed by atoms with Crippen LogP contribution in [-0.4, -0.2) is 27.7 Å². The first kappa shape index (κ1) is 14.9. The molecular formula is C15H20N2O2S. The van der Waals surface area contributed by atoms with Crippen LogP contribution in [0.1, 0.15) is 31.2 Å². The molecule has 2 rings (SSSR count). The second kappa shape index (κ2) is 6.81. The van der Waals surface area contributed by atoms with Crippen LogP contribution >= 0.6 is 11.8 Å². The van der Waals surface area contributed by atoms with Gasteiger partial charge in [0.05, 0.1) is 13.3 Å². The third kappa shape index (κ3) is 2.99. The van der Waals surface area contributed by atoms with Gasteiger partial charge in [-0.15, -0.1) is 11.8 Å². The van der Waals surface area contributed by atoms with E-state index in [0.29, 0.717) is 18.0 Å². The molecule has 0 aliphatic carbocycles. The maximum atomic E-state index is 10.6. The molecule has 2 aromatic rings. The molecule has 0 saturated carbocycles. The van der Waals surface area contributed by atoms with E-state index < -0.39 is 6.10 Å². The van der Waals surface area contributed by atoms with Crippen molar-refractivity contribution in [1.82, 2.24) is 9.78 Å². The Balaban J connectivity index is 2.30. The van der Waals surface area contributed by atoms with E-state index in [1.54, 1.807) is 29.8 Å². The minimum Gasteiger partial charge on any atom is -0.493 e. The quantitative estimate of drug-likeness (QED) is 0.831. The molecule has 1 N–H and O–H groups in total. The molecule has 20 heavy (non-hydrogen) atoms. The van der Waals surface area contributed by atoms with Gasteiger partial charge < -0.3 is 9.84 Å². The van der Waals surface area contributed by atoms with Crippen molar-refractivity contribution in [2.24, 2.45) is 0 Å². The summed E-state index contributed by atoms with van der Waals surface area (Å²) in [6.45, 7) is 4.81. The number of hydrogen-bond acceptors (Lipinski definition) is 4. The lowest BCUT2D eigenvalue weighted by molar-refractivity contribution is 0.202. The fourth-order valence-corrected chi connectivity index (χ4v) is 2.80. The van der Waals surface area contributed by atoms with E-state index in [9.17, 15) is 5.11 Å². The van der Waals surface area contributed by atoms with Crippen LogP contribution in [0.4, 0.5) is 0 Å². The van der Waals surface area contributed by atoms with Crippen molar-refractivity contribution in [3.8, 4) is 5.75 Å². The van der Waals surface area contributed by atoms with Gasteiger partial charge in [0.2, 0.25) is 0 Å². The number of ether oxygens (including phenoxy) is 1. The van der Waals surface area contributed by atoms with Crippen LogP contribution in [0.2, 0.25) is 0 Å². The van der Waals surface area contributed by atoms with Crippen molar-refractivity contribution in [2.45, 2.75) is 31.4 Å². The summed E-state index contributed by atoms with van der Waals surface area (Å²) in [4.78, 5) is 1.21. The molecule has 0 spiro atoms. The highest BCUT2D eigenvalue weighted by molar-refractivity contribution is 7.99. The molecule has 108 valence electrons. The number of thioether (sulfide) groups is 1. The third-order valence-corrected chi connectivity index (χ3v) is 4.02. The Hall–Kier alpha value is -1.46. The number of aromatic nitrogens is 2. The molecule has 1 aromatic heterocycles. The van der Waals surface area contributed by atoms with Gasteiger partial charge in [0.15, 0.2) is 5.75 Å². The van der Waals surface area contributed by atoms with Crippen LogP contribution in [0, 0.1) is 0 Å². The Morgan fingerprint density at radius 2 is 2.00 bits per heavy atom. The zero-order valence-electron chi connectivity index (χ0n) is 12.0. The fraction of sp³-hybridized carbons (Fsp3) is 0.400. The summed E-state index contributed by atoms with van der Waals surface area (Å²) in [5, 5.41) is 14.8. The minimum atomic E-state index is -0.729. The highest BCUT2D eigenvalue weighted by atomic mass is 32.2. The number of benzene rings is 1. The molecule has 0 aliphatic rings. The summed E-state index contributed by atoms with van der Waals surface area (Å²) in [6, 6.07) is 7.97. The number of aliphatic hydroxyl groups excluding tert-OH is 1. The largest absolute Gasteiger partial charge is 0.493 e. The molecule has 0 fully saturated rings. The molecule has 0 saturated heterocycles. The normalized spacial score (nSPS) is 12.4. The Morgan fingerprint density at radius 3 is 2.55 bits per heavy atom. The Bertz CT molecular complexity index is 530. The maximum Gasteiger partial charge on any atom is 0.163 e. The molecule has 0 radical (unpaired) electrons. The van der Waals surface area contributed by atoms with Gasteiger partial charge in [-0.2, -0.15) is 5.10 Å². The van der Waals surface area contributed by atoms with Crippen LogP contribution in [0.5, 0.6) is 5.75 Å². The molecule has 1 aromatic carbocycles. The number of hydrogen-bond donors (Lipinski definition) is 1. The number of nitrogens with zero attached hydrogens (tertiary/aromatic N) is 2.